The van der Waals surface area contributed by atoms with Crippen molar-refractivity contribution < 1.29 is 4.79 Å². The number of carbonyl (C=O) groups is 1. The average molecular weight is 207 g/mol. The Balaban J connectivity index is 1.90. The lowest BCUT2D eigenvalue weighted by molar-refractivity contribution is -0.131. The molecule has 3 N–H and O–H groups in total. The second-order valence-corrected chi connectivity index (χ2v) is 4.14. The highest BCUT2D eigenvalue weighted by molar-refractivity contribution is 5.78. The molecule has 1 aromatic heterocycles. The van der Waals surface area contributed by atoms with Crippen molar-refractivity contribution in [3.63, 3.8) is 0 Å². The molecule has 1 saturated heterocycles. The van der Waals surface area contributed by atoms with Gasteiger partial charge in [-0.2, -0.15) is 0 Å². The van der Waals surface area contributed by atoms with Crippen LogP contribution in [0.25, 0.3) is 0 Å². The Labute approximate surface area is 89.5 Å². The lowest BCUT2D eigenvalue weighted by atomic mass is 10.1. The smallest absolute Gasteiger partial charge is 0.227 e. The van der Waals surface area contributed by atoms with Gasteiger partial charge in [0, 0.05) is 31.5 Å². The number of nitrogens with two attached hydrogens (primary N) is 1. The summed E-state index contributed by atoms with van der Waals surface area (Å²) in [7, 11) is 0. The largest absolute Gasteiger partial charge is 0.367 e. The number of amides is 1. The van der Waals surface area contributed by atoms with E-state index >= 15 is 0 Å². The van der Waals surface area contributed by atoms with Gasteiger partial charge in [-0.25, -0.2) is 0 Å². The van der Waals surface area contributed by atoms with Crippen molar-refractivity contribution in [3.8, 4) is 0 Å². The van der Waals surface area contributed by atoms with Crippen molar-refractivity contribution in [1.29, 1.82) is 0 Å². The number of aromatic nitrogens is 1. The maximum atomic E-state index is 11.9. The summed E-state index contributed by atoms with van der Waals surface area (Å²) in [5.74, 6) is 0.185. The fourth-order valence-electron chi connectivity index (χ4n) is 1.99. The molecule has 1 aliphatic rings. The number of likely N-dealkylation sites (tertiary alicyclic amines) is 1. The zero-order valence-corrected chi connectivity index (χ0v) is 8.78. The Bertz CT molecular complexity index is 321. The van der Waals surface area contributed by atoms with Crippen LogP contribution in [0.3, 0.4) is 0 Å². The lowest BCUT2D eigenvalue weighted by Crippen LogP contribution is -2.46. The van der Waals surface area contributed by atoms with Crippen molar-refractivity contribution >= 4 is 5.91 Å². The maximum Gasteiger partial charge on any atom is 0.227 e. The molecule has 1 aromatic rings. The first-order valence-electron chi connectivity index (χ1n) is 5.41. The molecule has 4 nitrogen and oxygen atoms in total. The standard InChI is InChI=1S/C11H17N3O/c12-10-2-1-5-14(8-10)11(15)6-9-3-4-13-7-9/h3-4,7,10,13H,1-2,5-6,8,12H2. The number of hydrogen-bond donors (Lipinski definition) is 2. The monoisotopic (exact) mass is 207 g/mol. The molecule has 2 heterocycles. The van der Waals surface area contributed by atoms with Crippen LogP contribution in [0.4, 0.5) is 0 Å². The van der Waals surface area contributed by atoms with Crippen LogP contribution in [0.5, 0.6) is 0 Å². The van der Waals surface area contributed by atoms with E-state index in [0.717, 1.165) is 24.9 Å². The predicted octanol–water partition coefficient (Wildman–Crippen LogP) is 0.507. The summed E-state index contributed by atoms with van der Waals surface area (Å²) >= 11 is 0. The van der Waals surface area contributed by atoms with Crippen molar-refractivity contribution in [3.05, 3.63) is 24.0 Å². The molecular formula is C11H17N3O. The summed E-state index contributed by atoms with van der Waals surface area (Å²) in [6.07, 6.45) is 6.25. The molecule has 0 bridgehead atoms. The Morgan fingerprint density at radius 3 is 3.20 bits per heavy atom. The third kappa shape index (κ3) is 2.59. The molecule has 1 amide bonds. The zero-order valence-electron chi connectivity index (χ0n) is 8.78. The van der Waals surface area contributed by atoms with Crippen LogP contribution in [0, 0.1) is 0 Å². The Morgan fingerprint density at radius 2 is 2.53 bits per heavy atom. The highest BCUT2D eigenvalue weighted by Gasteiger charge is 2.20. The third-order valence-corrected chi connectivity index (χ3v) is 2.83. The van der Waals surface area contributed by atoms with Gasteiger partial charge < -0.3 is 15.6 Å². The first-order chi connectivity index (χ1) is 7.25. The molecule has 1 atom stereocenters. The molecule has 0 aliphatic carbocycles. The van der Waals surface area contributed by atoms with Gasteiger partial charge in [0.2, 0.25) is 5.91 Å². The number of nitrogens with zero attached hydrogens (tertiary/aromatic N) is 1. The minimum Gasteiger partial charge on any atom is -0.367 e. The van der Waals surface area contributed by atoms with Crippen LogP contribution in [0.1, 0.15) is 18.4 Å². The molecule has 0 aromatic carbocycles. The topological polar surface area (TPSA) is 62.1 Å². The minimum absolute atomic E-state index is 0.161. The van der Waals surface area contributed by atoms with Gasteiger partial charge in [0.25, 0.3) is 0 Å². The number of hydrogen-bond acceptors (Lipinski definition) is 2. The van der Waals surface area contributed by atoms with Gasteiger partial charge in [-0.05, 0) is 24.5 Å². The molecule has 0 spiro atoms. The van der Waals surface area contributed by atoms with Crippen LogP contribution >= 0.6 is 0 Å². The summed E-state index contributed by atoms with van der Waals surface area (Å²) in [5.41, 5.74) is 6.88. The van der Waals surface area contributed by atoms with Crippen molar-refractivity contribution in [2.45, 2.75) is 25.3 Å². The molecule has 1 aliphatic heterocycles. The van der Waals surface area contributed by atoms with E-state index in [1.54, 1.807) is 0 Å². The van der Waals surface area contributed by atoms with Gasteiger partial charge in [0.1, 0.15) is 0 Å². The normalized spacial score (nSPS) is 21.7. The van der Waals surface area contributed by atoms with E-state index in [2.05, 4.69) is 4.98 Å². The van der Waals surface area contributed by atoms with Gasteiger partial charge in [0.15, 0.2) is 0 Å². The second kappa shape index (κ2) is 4.49. The van der Waals surface area contributed by atoms with E-state index in [9.17, 15) is 4.79 Å². The van der Waals surface area contributed by atoms with E-state index in [4.69, 9.17) is 5.73 Å². The Kier molecular flexibility index (Phi) is 3.06. The molecule has 2 rings (SSSR count). The van der Waals surface area contributed by atoms with Crippen LogP contribution in [0.15, 0.2) is 18.5 Å². The fourth-order valence-corrected chi connectivity index (χ4v) is 1.99. The van der Waals surface area contributed by atoms with Crippen LogP contribution in [0.2, 0.25) is 0 Å². The molecule has 0 radical (unpaired) electrons. The number of rotatable bonds is 2. The fraction of sp³-hybridized carbons (Fsp3) is 0.545. The Morgan fingerprint density at radius 1 is 1.67 bits per heavy atom. The molecule has 0 saturated carbocycles. The molecule has 1 fully saturated rings. The first kappa shape index (κ1) is 10.2. The quantitative estimate of drug-likeness (QED) is 0.742. The number of H-pyrrole nitrogens is 1. The van der Waals surface area contributed by atoms with Gasteiger partial charge in [0.05, 0.1) is 6.42 Å². The number of aromatic amines is 1. The van der Waals surface area contributed by atoms with Gasteiger partial charge in [-0.1, -0.05) is 0 Å². The van der Waals surface area contributed by atoms with Crippen LogP contribution in [-0.2, 0) is 11.2 Å². The molecule has 82 valence electrons. The van der Waals surface area contributed by atoms with Crippen molar-refractivity contribution in [1.82, 2.24) is 9.88 Å². The number of carbonyl (C=O) groups excluding carboxylic acids is 1. The van der Waals surface area contributed by atoms with Crippen LogP contribution in [-0.4, -0.2) is 34.9 Å². The minimum atomic E-state index is 0.161. The van der Waals surface area contributed by atoms with E-state index in [0.29, 0.717) is 13.0 Å². The molecular weight excluding hydrogens is 190 g/mol. The summed E-state index contributed by atoms with van der Waals surface area (Å²) < 4.78 is 0. The molecule has 4 heteroatoms. The van der Waals surface area contributed by atoms with Gasteiger partial charge >= 0.3 is 0 Å². The molecule has 1 unspecified atom stereocenters. The van der Waals surface area contributed by atoms with Crippen molar-refractivity contribution in [2.75, 3.05) is 13.1 Å². The summed E-state index contributed by atoms with van der Waals surface area (Å²) in [6, 6.07) is 2.09. The van der Waals surface area contributed by atoms with E-state index in [1.165, 1.54) is 0 Å². The van der Waals surface area contributed by atoms with Gasteiger partial charge in [-0.3, -0.25) is 4.79 Å². The summed E-state index contributed by atoms with van der Waals surface area (Å²) in [4.78, 5) is 16.7. The third-order valence-electron chi connectivity index (χ3n) is 2.83. The zero-order chi connectivity index (χ0) is 10.7. The summed E-state index contributed by atoms with van der Waals surface area (Å²) in [5, 5.41) is 0. The second-order valence-electron chi connectivity index (χ2n) is 4.14. The SMILES string of the molecule is NC1CCCN(C(=O)Cc2cc[nH]c2)C1. The highest BCUT2D eigenvalue weighted by Crippen LogP contribution is 2.10. The maximum absolute atomic E-state index is 11.9. The van der Waals surface area contributed by atoms with E-state index < -0.39 is 0 Å². The Hall–Kier alpha value is -1.29. The molecule has 15 heavy (non-hydrogen) atoms. The number of piperidine rings is 1. The van der Waals surface area contributed by atoms with Crippen molar-refractivity contribution in [2.24, 2.45) is 5.73 Å². The average Bonchev–Trinajstić information content (AvgIpc) is 2.70. The number of nitrogens with one attached hydrogen (secondary N) is 1. The lowest BCUT2D eigenvalue weighted by Gasteiger charge is -2.30. The first-order valence-corrected chi connectivity index (χ1v) is 5.41. The summed E-state index contributed by atoms with van der Waals surface area (Å²) in [6.45, 7) is 1.57. The van der Waals surface area contributed by atoms with E-state index in [1.807, 2.05) is 23.4 Å². The van der Waals surface area contributed by atoms with E-state index in [-0.39, 0.29) is 11.9 Å². The van der Waals surface area contributed by atoms with Gasteiger partial charge in [-0.15, -0.1) is 0 Å². The highest BCUT2D eigenvalue weighted by atomic mass is 16.2. The van der Waals surface area contributed by atoms with Crippen LogP contribution < -0.4 is 5.73 Å². The predicted molar refractivity (Wildman–Crippen MR) is 58.3 cm³/mol.